The van der Waals surface area contributed by atoms with Gasteiger partial charge in [0.15, 0.2) is 0 Å². The Bertz CT molecular complexity index is 570. The fourth-order valence-corrected chi connectivity index (χ4v) is 1.96. The maximum atomic E-state index is 11.7. The second-order valence-corrected chi connectivity index (χ2v) is 4.80. The Kier molecular flexibility index (Phi) is 4.41. The molecule has 0 aliphatic carbocycles. The molecule has 0 fully saturated rings. The zero-order valence-corrected chi connectivity index (χ0v) is 11.6. The zero-order chi connectivity index (χ0) is 13.7. The summed E-state index contributed by atoms with van der Waals surface area (Å²) in [5, 5.41) is 14.6. The Balaban J connectivity index is 1.88. The highest BCUT2D eigenvalue weighted by atomic mass is 79.9. The van der Waals surface area contributed by atoms with E-state index in [1.54, 1.807) is 12.1 Å². The lowest BCUT2D eigenvalue weighted by Crippen LogP contribution is -2.28. The van der Waals surface area contributed by atoms with Crippen LogP contribution in [0.3, 0.4) is 0 Å². The molecule has 4 nitrogen and oxygen atoms in total. The van der Waals surface area contributed by atoms with E-state index in [0.29, 0.717) is 12.2 Å². The Morgan fingerprint density at radius 3 is 2.47 bits per heavy atom. The Hall–Kier alpha value is -2.01. The van der Waals surface area contributed by atoms with Crippen LogP contribution in [-0.2, 0) is 6.54 Å². The largest absolute Gasteiger partial charge is 0.508 e. The third-order valence-electron chi connectivity index (χ3n) is 2.52. The minimum Gasteiger partial charge on any atom is -0.508 e. The van der Waals surface area contributed by atoms with Crippen LogP contribution < -0.4 is 10.6 Å². The number of hydrogen-bond acceptors (Lipinski definition) is 2. The van der Waals surface area contributed by atoms with Crippen LogP contribution in [0.25, 0.3) is 0 Å². The Labute approximate surface area is 119 Å². The number of halogens is 1. The van der Waals surface area contributed by atoms with E-state index in [9.17, 15) is 4.79 Å². The molecule has 0 spiro atoms. The van der Waals surface area contributed by atoms with Gasteiger partial charge in [-0.2, -0.15) is 0 Å². The molecule has 2 rings (SSSR count). The van der Waals surface area contributed by atoms with Crippen LogP contribution in [0.4, 0.5) is 10.5 Å². The molecular formula is C14H13BrN2O2. The van der Waals surface area contributed by atoms with Crippen molar-refractivity contribution >= 4 is 27.6 Å². The number of phenols is 1. The summed E-state index contributed by atoms with van der Waals surface area (Å²) < 4.78 is 0.958. The third kappa shape index (κ3) is 3.99. The maximum Gasteiger partial charge on any atom is 0.319 e. The van der Waals surface area contributed by atoms with Crippen molar-refractivity contribution in [2.75, 3.05) is 5.32 Å². The van der Waals surface area contributed by atoms with Crippen LogP contribution in [0.15, 0.2) is 53.0 Å². The average molecular weight is 321 g/mol. The van der Waals surface area contributed by atoms with Crippen LogP contribution in [-0.4, -0.2) is 11.1 Å². The van der Waals surface area contributed by atoms with Crippen LogP contribution in [0.1, 0.15) is 5.56 Å². The van der Waals surface area contributed by atoms with Gasteiger partial charge in [0, 0.05) is 16.7 Å². The molecule has 0 heterocycles. The normalized spacial score (nSPS) is 9.95. The van der Waals surface area contributed by atoms with E-state index in [1.807, 2.05) is 24.3 Å². The van der Waals surface area contributed by atoms with Gasteiger partial charge in [0.25, 0.3) is 0 Å². The predicted octanol–water partition coefficient (Wildman–Crippen LogP) is 3.48. The number of nitrogens with one attached hydrogen (secondary N) is 2. The predicted molar refractivity (Wildman–Crippen MR) is 78.1 cm³/mol. The molecule has 0 atom stereocenters. The number of rotatable bonds is 3. The summed E-state index contributed by atoms with van der Waals surface area (Å²) in [5.41, 5.74) is 1.63. The van der Waals surface area contributed by atoms with Gasteiger partial charge in [0.1, 0.15) is 5.75 Å². The van der Waals surface area contributed by atoms with E-state index in [1.165, 1.54) is 12.1 Å². The molecule has 2 amide bonds. The zero-order valence-electron chi connectivity index (χ0n) is 10.1. The Morgan fingerprint density at radius 1 is 1.11 bits per heavy atom. The van der Waals surface area contributed by atoms with E-state index in [2.05, 4.69) is 26.6 Å². The number of carbonyl (C=O) groups excluding carboxylic acids is 1. The highest BCUT2D eigenvalue weighted by Crippen LogP contribution is 2.16. The molecule has 98 valence electrons. The van der Waals surface area contributed by atoms with Crippen molar-refractivity contribution in [3.63, 3.8) is 0 Å². The molecule has 0 aromatic heterocycles. The highest BCUT2D eigenvalue weighted by Gasteiger charge is 2.03. The molecule has 0 aliphatic heterocycles. The van der Waals surface area contributed by atoms with E-state index in [4.69, 9.17) is 5.11 Å². The van der Waals surface area contributed by atoms with Gasteiger partial charge in [0.2, 0.25) is 0 Å². The molecule has 0 saturated heterocycles. The van der Waals surface area contributed by atoms with Crippen molar-refractivity contribution in [1.29, 1.82) is 0 Å². The SMILES string of the molecule is O=C(NCc1ccccc1Br)Nc1ccc(O)cc1. The highest BCUT2D eigenvalue weighted by molar-refractivity contribution is 9.10. The van der Waals surface area contributed by atoms with Gasteiger partial charge < -0.3 is 15.7 Å². The minimum atomic E-state index is -0.290. The number of urea groups is 1. The Morgan fingerprint density at radius 2 is 1.79 bits per heavy atom. The number of aromatic hydroxyl groups is 1. The van der Waals surface area contributed by atoms with Gasteiger partial charge >= 0.3 is 6.03 Å². The van der Waals surface area contributed by atoms with E-state index in [0.717, 1.165) is 10.0 Å². The van der Waals surface area contributed by atoms with Crippen molar-refractivity contribution in [3.05, 3.63) is 58.6 Å². The van der Waals surface area contributed by atoms with Crippen molar-refractivity contribution in [1.82, 2.24) is 5.32 Å². The van der Waals surface area contributed by atoms with E-state index >= 15 is 0 Å². The van der Waals surface area contributed by atoms with Crippen molar-refractivity contribution in [3.8, 4) is 5.75 Å². The molecule has 19 heavy (non-hydrogen) atoms. The second-order valence-electron chi connectivity index (χ2n) is 3.95. The molecule has 5 heteroatoms. The van der Waals surface area contributed by atoms with Gasteiger partial charge in [-0.3, -0.25) is 0 Å². The number of benzene rings is 2. The summed E-state index contributed by atoms with van der Waals surface area (Å²) in [5.74, 6) is 0.166. The maximum absolute atomic E-state index is 11.7. The first kappa shape index (κ1) is 13.4. The molecule has 0 bridgehead atoms. The average Bonchev–Trinajstić information content (AvgIpc) is 2.40. The standard InChI is InChI=1S/C14H13BrN2O2/c15-13-4-2-1-3-10(13)9-16-14(19)17-11-5-7-12(18)8-6-11/h1-8,18H,9H2,(H2,16,17,19). The minimum absolute atomic E-state index is 0.166. The lowest BCUT2D eigenvalue weighted by Gasteiger charge is -2.08. The summed E-state index contributed by atoms with van der Waals surface area (Å²) in [4.78, 5) is 11.7. The van der Waals surface area contributed by atoms with Crippen molar-refractivity contribution in [2.45, 2.75) is 6.54 Å². The summed E-state index contributed by atoms with van der Waals surface area (Å²) >= 11 is 3.42. The van der Waals surface area contributed by atoms with Crippen LogP contribution in [0.2, 0.25) is 0 Å². The van der Waals surface area contributed by atoms with Gasteiger partial charge in [-0.05, 0) is 35.9 Å². The monoisotopic (exact) mass is 320 g/mol. The number of anilines is 1. The van der Waals surface area contributed by atoms with Gasteiger partial charge in [-0.25, -0.2) is 4.79 Å². The summed E-state index contributed by atoms with van der Waals surface area (Å²) in [7, 11) is 0. The fourth-order valence-electron chi connectivity index (χ4n) is 1.54. The third-order valence-corrected chi connectivity index (χ3v) is 3.30. The molecule has 2 aromatic rings. The first-order valence-electron chi connectivity index (χ1n) is 5.72. The number of carbonyl (C=O) groups is 1. The first-order valence-corrected chi connectivity index (χ1v) is 6.52. The molecule has 0 saturated carbocycles. The summed E-state index contributed by atoms with van der Waals surface area (Å²) in [6, 6.07) is 13.7. The van der Waals surface area contributed by atoms with E-state index in [-0.39, 0.29) is 11.8 Å². The van der Waals surface area contributed by atoms with Crippen LogP contribution >= 0.6 is 15.9 Å². The molecule has 0 radical (unpaired) electrons. The van der Waals surface area contributed by atoms with E-state index < -0.39 is 0 Å². The number of amides is 2. The summed E-state index contributed by atoms with van der Waals surface area (Å²) in [6.45, 7) is 0.436. The number of phenolic OH excluding ortho intramolecular Hbond substituents is 1. The molecular weight excluding hydrogens is 308 g/mol. The molecule has 0 unspecified atom stereocenters. The van der Waals surface area contributed by atoms with Gasteiger partial charge in [-0.1, -0.05) is 34.1 Å². The lowest BCUT2D eigenvalue weighted by molar-refractivity contribution is 0.251. The molecule has 2 aromatic carbocycles. The smallest absolute Gasteiger partial charge is 0.319 e. The van der Waals surface area contributed by atoms with Crippen LogP contribution in [0.5, 0.6) is 5.75 Å². The molecule has 3 N–H and O–H groups in total. The lowest BCUT2D eigenvalue weighted by atomic mass is 10.2. The first-order chi connectivity index (χ1) is 9.15. The number of hydrogen-bond donors (Lipinski definition) is 3. The summed E-state index contributed by atoms with van der Waals surface area (Å²) in [6.07, 6.45) is 0. The van der Waals surface area contributed by atoms with Crippen molar-refractivity contribution in [2.24, 2.45) is 0 Å². The van der Waals surface area contributed by atoms with Gasteiger partial charge in [-0.15, -0.1) is 0 Å². The quantitative estimate of drug-likeness (QED) is 0.758. The molecule has 0 aliphatic rings. The van der Waals surface area contributed by atoms with Crippen molar-refractivity contribution < 1.29 is 9.90 Å². The van der Waals surface area contributed by atoms with Gasteiger partial charge in [0.05, 0.1) is 0 Å². The topological polar surface area (TPSA) is 61.4 Å². The van der Waals surface area contributed by atoms with Crippen LogP contribution in [0, 0.1) is 0 Å². The fraction of sp³-hybridized carbons (Fsp3) is 0.0714. The second kappa shape index (κ2) is 6.24.